The van der Waals surface area contributed by atoms with Crippen molar-refractivity contribution in [3.63, 3.8) is 0 Å². The number of fused-ring (bicyclic) bond motifs is 4. The molecule has 0 atom stereocenters. The standard InChI is InChI=1S/C25H25NO/c1-24(2)11-12-25(3,4)19-15-21-17(14-18(19)24)22-20(27-21)10-13-26-23(22)16-8-6-5-7-9-16/h5-10,13-15H,11-12H2,1-4H3. The largest absolute Gasteiger partial charge is 0.456 e. The molecule has 0 amide bonds. The van der Waals surface area contributed by atoms with Crippen LogP contribution >= 0.6 is 0 Å². The minimum absolute atomic E-state index is 0.178. The Morgan fingerprint density at radius 2 is 1.48 bits per heavy atom. The molecule has 2 aromatic heterocycles. The second-order valence-corrected chi connectivity index (χ2v) is 9.16. The van der Waals surface area contributed by atoms with E-state index in [1.807, 2.05) is 18.3 Å². The lowest BCUT2D eigenvalue weighted by atomic mass is 9.63. The third-order valence-corrected chi connectivity index (χ3v) is 6.40. The van der Waals surface area contributed by atoms with Crippen LogP contribution in [0.3, 0.4) is 0 Å². The fourth-order valence-corrected chi connectivity index (χ4v) is 4.60. The molecule has 2 nitrogen and oxygen atoms in total. The third-order valence-electron chi connectivity index (χ3n) is 6.40. The van der Waals surface area contributed by atoms with Crippen LogP contribution in [0, 0.1) is 0 Å². The van der Waals surface area contributed by atoms with Gasteiger partial charge in [-0.15, -0.1) is 0 Å². The summed E-state index contributed by atoms with van der Waals surface area (Å²) in [7, 11) is 0. The Kier molecular flexibility index (Phi) is 3.34. The molecule has 2 aromatic carbocycles. The minimum atomic E-state index is 0.178. The van der Waals surface area contributed by atoms with E-state index in [9.17, 15) is 0 Å². The highest BCUT2D eigenvalue weighted by Crippen LogP contribution is 2.48. The molecular weight excluding hydrogens is 330 g/mol. The fraction of sp³-hybridized carbons (Fsp3) is 0.320. The van der Waals surface area contributed by atoms with E-state index in [-0.39, 0.29) is 10.8 Å². The summed E-state index contributed by atoms with van der Waals surface area (Å²) in [4.78, 5) is 4.72. The van der Waals surface area contributed by atoms with Crippen molar-refractivity contribution in [2.24, 2.45) is 0 Å². The first-order chi connectivity index (χ1) is 12.9. The molecule has 0 radical (unpaired) electrons. The molecule has 2 heteroatoms. The zero-order valence-corrected chi connectivity index (χ0v) is 16.5. The Morgan fingerprint density at radius 3 is 2.19 bits per heavy atom. The van der Waals surface area contributed by atoms with E-state index in [1.54, 1.807) is 0 Å². The zero-order valence-electron chi connectivity index (χ0n) is 16.5. The first-order valence-electron chi connectivity index (χ1n) is 9.78. The van der Waals surface area contributed by atoms with Crippen LogP contribution < -0.4 is 0 Å². The summed E-state index contributed by atoms with van der Waals surface area (Å²) >= 11 is 0. The van der Waals surface area contributed by atoms with Crippen molar-refractivity contribution in [2.75, 3.05) is 0 Å². The summed E-state index contributed by atoms with van der Waals surface area (Å²) < 4.78 is 6.30. The molecule has 0 fully saturated rings. The first-order valence-corrected chi connectivity index (χ1v) is 9.78. The van der Waals surface area contributed by atoms with Crippen LogP contribution in [-0.4, -0.2) is 4.98 Å². The average molecular weight is 355 g/mol. The number of pyridine rings is 1. The summed E-state index contributed by atoms with van der Waals surface area (Å²) in [5.41, 5.74) is 7.26. The molecule has 0 unspecified atom stereocenters. The Bertz CT molecular complexity index is 1170. The lowest BCUT2D eigenvalue weighted by molar-refractivity contribution is 0.332. The molecule has 0 bridgehead atoms. The molecule has 0 N–H and O–H groups in total. The number of furan rings is 1. The fourth-order valence-electron chi connectivity index (χ4n) is 4.60. The monoisotopic (exact) mass is 355 g/mol. The third kappa shape index (κ3) is 2.43. The smallest absolute Gasteiger partial charge is 0.139 e. The summed E-state index contributed by atoms with van der Waals surface area (Å²) in [6.45, 7) is 9.44. The second-order valence-electron chi connectivity index (χ2n) is 9.16. The highest BCUT2D eigenvalue weighted by molar-refractivity contribution is 6.11. The van der Waals surface area contributed by atoms with E-state index in [0.29, 0.717) is 0 Å². The Morgan fingerprint density at radius 1 is 0.815 bits per heavy atom. The number of aromatic nitrogens is 1. The van der Waals surface area contributed by atoms with Gasteiger partial charge in [-0.1, -0.05) is 58.0 Å². The van der Waals surface area contributed by atoms with Gasteiger partial charge < -0.3 is 4.42 Å². The van der Waals surface area contributed by atoms with Crippen molar-refractivity contribution in [1.29, 1.82) is 0 Å². The first kappa shape index (κ1) is 16.6. The van der Waals surface area contributed by atoms with Crippen molar-refractivity contribution in [2.45, 2.75) is 51.4 Å². The lowest BCUT2D eigenvalue weighted by Crippen LogP contribution is -2.33. The van der Waals surface area contributed by atoms with Gasteiger partial charge in [0.1, 0.15) is 11.2 Å². The molecular formula is C25H25NO. The maximum absolute atomic E-state index is 6.30. The van der Waals surface area contributed by atoms with Crippen molar-refractivity contribution in [3.8, 4) is 11.3 Å². The van der Waals surface area contributed by atoms with Crippen molar-refractivity contribution < 1.29 is 4.42 Å². The molecule has 0 saturated carbocycles. The highest BCUT2D eigenvalue weighted by Gasteiger charge is 2.37. The highest BCUT2D eigenvalue weighted by atomic mass is 16.3. The van der Waals surface area contributed by atoms with Gasteiger partial charge in [0.25, 0.3) is 0 Å². The molecule has 27 heavy (non-hydrogen) atoms. The molecule has 1 aliphatic carbocycles. The normalized spacial score (nSPS) is 17.9. The number of benzene rings is 2. The van der Waals surface area contributed by atoms with Crippen LogP contribution in [0.1, 0.15) is 51.7 Å². The predicted molar refractivity (Wildman–Crippen MR) is 112 cm³/mol. The van der Waals surface area contributed by atoms with Gasteiger partial charge >= 0.3 is 0 Å². The van der Waals surface area contributed by atoms with Gasteiger partial charge in [0.2, 0.25) is 0 Å². The van der Waals surface area contributed by atoms with Gasteiger partial charge in [-0.25, -0.2) is 0 Å². The van der Waals surface area contributed by atoms with Crippen LogP contribution in [0.25, 0.3) is 33.2 Å². The molecule has 0 aliphatic heterocycles. The topological polar surface area (TPSA) is 26.0 Å². The number of hydrogen-bond donors (Lipinski definition) is 0. The van der Waals surface area contributed by atoms with E-state index < -0.39 is 0 Å². The van der Waals surface area contributed by atoms with Gasteiger partial charge in [-0.2, -0.15) is 0 Å². The quantitative estimate of drug-likeness (QED) is 0.367. The van der Waals surface area contributed by atoms with Crippen LogP contribution in [0.15, 0.2) is 59.1 Å². The van der Waals surface area contributed by atoms with E-state index in [1.165, 1.54) is 29.4 Å². The van der Waals surface area contributed by atoms with Gasteiger partial charge in [0, 0.05) is 17.1 Å². The second kappa shape index (κ2) is 5.45. The average Bonchev–Trinajstić information content (AvgIpc) is 3.03. The van der Waals surface area contributed by atoms with E-state index in [2.05, 4.69) is 64.1 Å². The van der Waals surface area contributed by atoms with E-state index >= 15 is 0 Å². The molecule has 0 spiro atoms. The Balaban J connectivity index is 1.88. The van der Waals surface area contributed by atoms with Gasteiger partial charge in [-0.3, -0.25) is 4.98 Å². The van der Waals surface area contributed by atoms with Crippen LogP contribution in [0.2, 0.25) is 0 Å². The van der Waals surface area contributed by atoms with Crippen molar-refractivity contribution >= 4 is 21.9 Å². The predicted octanol–water partition coefficient (Wildman–Crippen LogP) is 7.00. The Labute approximate surface area is 160 Å². The van der Waals surface area contributed by atoms with E-state index in [0.717, 1.165) is 27.8 Å². The molecule has 4 aromatic rings. The molecule has 5 rings (SSSR count). The summed E-state index contributed by atoms with van der Waals surface area (Å²) in [6, 6.07) is 17.1. The molecule has 0 saturated heterocycles. The minimum Gasteiger partial charge on any atom is -0.456 e. The molecule has 136 valence electrons. The summed E-state index contributed by atoms with van der Waals surface area (Å²) in [5, 5.41) is 2.31. The maximum Gasteiger partial charge on any atom is 0.139 e. The number of rotatable bonds is 1. The molecule has 1 aliphatic rings. The summed E-state index contributed by atoms with van der Waals surface area (Å²) in [5.74, 6) is 0. The van der Waals surface area contributed by atoms with Crippen LogP contribution in [0.5, 0.6) is 0 Å². The van der Waals surface area contributed by atoms with Crippen LogP contribution in [0.4, 0.5) is 0 Å². The lowest BCUT2D eigenvalue weighted by Gasteiger charge is -2.41. The van der Waals surface area contributed by atoms with E-state index in [4.69, 9.17) is 9.40 Å². The van der Waals surface area contributed by atoms with Crippen LogP contribution in [-0.2, 0) is 10.8 Å². The van der Waals surface area contributed by atoms with Gasteiger partial charge in [0.05, 0.1) is 11.1 Å². The zero-order chi connectivity index (χ0) is 18.8. The Hall–Kier alpha value is -2.61. The SMILES string of the molecule is CC1(C)CCC(C)(C)c2cc3c(cc21)oc1ccnc(-c2ccccc2)c13. The number of hydrogen-bond acceptors (Lipinski definition) is 2. The van der Waals surface area contributed by atoms with Crippen molar-refractivity contribution in [3.05, 3.63) is 65.9 Å². The molecule has 2 heterocycles. The van der Waals surface area contributed by atoms with Gasteiger partial charge in [0.15, 0.2) is 0 Å². The summed E-state index contributed by atoms with van der Waals surface area (Å²) in [6.07, 6.45) is 4.26. The maximum atomic E-state index is 6.30. The number of nitrogens with zero attached hydrogens (tertiary/aromatic N) is 1. The van der Waals surface area contributed by atoms with Crippen molar-refractivity contribution in [1.82, 2.24) is 4.98 Å². The van der Waals surface area contributed by atoms with Gasteiger partial charge in [-0.05, 0) is 53.0 Å².